The third-order valence-corrected chi connectivity index (χ3v) is 7.01. The number of carbonyl (C=O) groups excluding carboxylic acids is 1. The third-order valence-electron chi connectivity index (χ3n) is 6.70. The standard InChI is InChI=1S/C29H25ClF2N4O4/c1-36-27-22(5-6-23(30)25(27)28(35-36)39-2)21-4-3-20(7-8-29(38)9-10-40-15-29)34-26(21)24(33-16-37)13-17-11-18(31)14-19(32)12-17/h3-6,11-12,14,16,24,38H,9-10,13,15H2,1-2H3,(H,33,37). The fraction of sp³-hybridized carbons (Fsp3) is 0.276. The molecule has 0 aliphatic carbocycles. The molecule has 1 amide bonds. The van der Waals surface area contributed by atoms with Gasteiger partial charge >= 0.3 is 0 Å². The van der Waals surface area contributed by atoms with Crippen molar-refractivity contribution in [1.82, 2.24) is 20.1 Å². The highest BCUT2D eigenvalue weighted by molar-refractivity contribution is 6.36. The number of methoxy groups -OCH3 is 1. The van der Waals surface area contributed by atoms with Crippen LogP contribution >= 0.6 is 11.6 Å². The van der Waals surface area contributed by atoms with E-state index >= 15 is 0 Å². The smallest absolute Gasteiger partial charge is 0.242 e. The van der Waals surface area contributed by atoms with Gasteiger partial charge in [-0.05, 0) is 48.2 Å². The summed E-state index contributed by atoms with van der Waals surface area (Å²) in [5.41, 5.74) is 1.71. The van der Waals surface area contributed by atoms with Gasteiger partial charge in [-0.15, -0.1) is 5.10 Å². The molecule has 0 spiro atoms. The highest BCUT2D eigenvalue weighted by atomic mass is 35.5. The van der Waals surface area contributed by atoms with E-state index in [1.54, 1.807) is 36.0 Å². The Balaban J connectivity index is 1.70. The summed E-state index contributed by atoms with van der Waals surface area (Å²) in [6.07, 6.45) is 0.914. The van der Waals surface area contributed by atoms with Crippen LogP contribution < -0.4 is 10.1 Å². The number of rotatable bonds is 7. The molecule has 0 radical (unpaired) electrons. The summed E-state index contributed by atoms with van der Waals surface area (Å²) >= 11 is 6.51. The summed E-state index contributed by atoms with van der Waals surface area (Å²) in [6, 6.07) is 9.38. The molecule has 1 aliphatic rings. The van der Waals surface area contributed by atoms with Crippen molar-refractivity contribution in [2.45, 2.75) is 24.5 Å². The van der Waals surface area contributed by atoms with Crippen LogP contribution in [0.15, 0.2) is 42.5 Å². The quantitative estimate of drug-likeness (QED) is 0.258. The van der Waals surface area contributed by atoms with E-state index in [2.05, 4.69) is 22.3 Å². The number of nitrogens with zero attached hydrogens (tertiary/aromatic N) is 3. The average Bonchev–Trinajstić information content (AvgIpc) is 3.51. The van der Waals surface area contributed by atoms with Crippen molar-refractivity contribution in [1.29, 1.82) is 0 Å². The largest absolute Gasteiger partial charge is 0.479 e. The SMILES string of the molecule is COc1nn(C)c2c(-c3ccc(C#CC4(O)CCOC4)nc3C(Cc3cc(F)cc(F)c3)NC=O)ccc(Cl)c12. The van der Waals surface area contributed by atoms with Crippen LogP contribution in [-0.4, -0.2) is 52.2 Å². The summed E-state index contributed by atoms with van der Waals surface area (Å²) in [4.78, 5) is 16.5. The van der Waals surface area contributed by atoms with Crippen molar-refractivity contribution >= 4 is 28.9 Å². The predicted octanol–water partition coefficient (Wildman–Crippen LogP) is 4.11. The number of carbonyl (C=O) groups is 1. The number of fused-ring (bicyclic) bond motifs is 1. The van der Waals surface area contributed by atoms with Crippen LogP contribution in [0, 0.1) is 23.5 Å². The highest BCUT2D eigenvalue weighted by Gasteiger charge is 2.30. The monoisotopic (exact) mass is 566 g/mol. The lowest BCUT2D eigenvalue weighted by Crippen LogP contribution is -2.26. The first-order chi connectivity index (χ1) is 19.2. The molecule has 2 aromatic carbocycles. The second-order valence-electron chi connectivity index (χ2n) is 9.48. The topological polar surface area (TPSA) is 98.5 Å². The first-order valence-electron chi connectivity index (χ1n) is 12.4. The average molecular weight is 567 g/mol. The van der Waals surface area contributed by atoms with E-state index in [-0.39, 0.29) is 13.0 Å². The minimum atomic E-state index is -1.28. The van der Waals surface area contributed by atoms with Gasteiger partial charge in [0.25, 0.3) is 0 Å². The van der Waals surface area contributed by atoms with Gasteiger partial charge in [-0.3, -0.25) is 9.48 Å². The summed E-state index contributed by atoms with van der Waals surface area (Å²) in [7, 11) is 3.25. The number of aliphatic hydroxyl groups is 1. The Morgan fingerprint density at radius 1 is 1.25 bits per heavy atom. The molecule has 8 nitrogen and oxygen atoms in total. The second kappa shape index (κ2) is 11.2. The molecular formula is C29H25ClF2N4O4. The molecule has 0 bridgehead atoms. The zero-order chi connectivity index (χ0) is 28.4. The van der Waals surface area contributed by atoms with Gasteiger partial charge in [-0.25, -0.2) is 13.8 Å². The van der Waals surface area contributed by atoms with Gasteiger partial charge in [-0.1, -0.05) is 23.6 Å². The number of nitrogens with one attached hydrogen (secondary N) is 1. The van der Waals surface area contributed by atoms with E-state index < -0.39 is 23.3 Å². The van der Waals surface area contributed by atoms with E-state index in [1.165, 1.54) is 19.2 Å². The summed E-state index contributed by atoms with van der Waals surface area (Å²) in [6.45, 7) is 0.496. The lowest BCUT2D eigenvalue weighted by molar-refractivity contribution is -0.110. The van der Waals surface area contributed by atoms with Gasteiger partial charge in [0, 0.05) is 30.7 Å². The number of benzene rings is 2. The minimum Gasteiger partial charge on any atom is -0.479 e. The van der Waals surface area contributed by atoms with Gasteiger partial charge in [0.15, 0.2) is 5.60 Å². The number of amides is 1. The Labute approximate surface area is 233 Å². The van der Waals surface area contributed by atoms with Gasteiger partial charge < -0.3 is 19.9 Å². The summed E-state index contributed by atoms with van der Waals surface area (Å²) in [5.74, 6) is 4.61. The molecule has 0 saturated carbocycles. The zero-order valence-corrected chi connectivity index (χ0v) is 22.4. The maximum absolute atomic E-state index is 14.0. The number of pyridine rings is 1. The molecule has 2 aromatic heterocycles. The van der Waals surface area contributed by atoms with Crippen molar-refractivity contribution in [2.24, 2.45) is 7.05 Å². The second-order valence-corrected chi connectivity index (χ2v) is 9.89. The molecule has 5 rings (SSSR count). The molecule has 1 saturated heterocycles. The van der Waals surface area contributed by atoms with E-state index in [4.69, 9.17) is 26.1 Å². The van der Waals surface area contributed by atoms with Crippen LogP contribution in [0.25, 0.3) is 22.0 Å². The van der Waals surface area contributed by atoms with Gasteiger partial charge in [0.05, 0.1) is 48.0 Å². The Kier molecular flexibility index (Phi) is 7.72. The molecule has 4 aromatic rings. The van der Waals surface area contributed by atoms with Crippen molar-refractivity contribution in [3.63, 3.8) is 0 Å². The fourth-order valence-electron chi connectivity index (χ4n) is 4.85. The third kappa shape index (κ3) is 5.49. The number of hydrogen-bond acceptors (Lipinski definition) is 6. The molecule has 3 heterocycles. The fourth-order valence-corrected chi connectivity index (χ4v) is 5.09. The Morgan fingerprint density at radius 2 is 2.00 bits per heavy atom. The molecular weight excluding hydrogens is 542 g/mol. The number of aromatic nitrogens is 3. The Morgan fingerprint density at radius 3 is 2.67 bits per heavy atom. The number of aryl methyl sites for hydroxylation is 1. The Bertz CT molecular complexity index is 1640. The number of halogens is 3. The van der Waals surface area contributed by atoms with Gasteiger partial charge in [0.1, 0.15) is 17.3 Å². The maximum atomic E-state index is 14.0. The van der Waals surface area contributed by atoms with E-state index in [0.717, 1.165) is 6.07 Å². The van der Waals surface area contributed by atoms with Gasteiger partial charge in [-0.2, -0.15) is 0 Å². The molecule has 2 N–H and O–H groups in total. The minimum absolute atomic E-state index is 0.0352. The first kappa shape index (κ1) is 27.5. The van der Waals surface area contributed by atoms with Crippen LogP contribution in [-0.2, 0) is 23.0 Å². The van der Waals surface area contributed by atoms with Crippen LogP contribution in [0.3, 0.4) is 0 Å². The molecule has 2 unspecified atom stereocenters. The molecule has 206 valence electrons. The van der Waals surface area contributed by atoms with Crippen molar-refractivity contribution in [2.75, 3.05) is 20.3 Å². The lowest BCUT2D eigenvalue weighted by Gasteiger charge is -2.21. The van der Waals surface area contributed by atoms with Crippen LogP contribution in [0.4, 0.5) is 8.78 Å². The predicted molar refractivity (Wildman–Crippen MR) is 145 cm³/mol. The van der Waals surface area contributed by atoms with Crippen LogP contribution in [0.5, 0.6) is 5.88 Å². The highest BCUT2D eigenvalue weighted by Crippen LogP contribution is 2.40. The molecule has 2 atom stereocenters. The van der Waals surface area contributed by atoms with Crippen molar-refractivity contribution < 1.29 is 28.2 Å². The van der Waals surface area contributed by atoms with Crippen LogP contribution in [0.1, 0.15) is 29.4 Å². The molecule has 1 fully saturated rings. The normalized spacial score (nSPS) is 17.4. The molecule has 11 heteroatoms. The molecule has 1 aliphatic heterocycles. The van der Waals surface area contributed by atoms with E-state index in [0.29, 0.717) is 69.3 Å². The molecule has 40 heavy (non-hydrogen) atoms. The Hall–Kier alpha value is -4.04. The van der Waals surface area contributed by atoms with Crippen molar-refractivity contribution in [3.8, 4) is 28.8 Å². The summed E-state index contributed by atoms with van der Waals surface area (Å²) < 4.78 is 40.4. The number of hydrogen-bond donors (Lipinski definition) is 2. The lowest BCUT2D eigenvalue weighted by atomic mass is 9.94. The zero-order valence-electron chi connectivity index (χ0n) is 21.7. The van der Waals surface area contributed by atoms with E-state index in [9.17, 15) is 18.7 Å². The van der Waals surface area contributed by atoms with Crippen molar-refractivity contribution in [3.05, 3.63) is 76.1 Å². The van der Waals surface area contributed by atoms with Gasteiger partial charge in [0.2, 0.25) is 12.3 Å². The maximum Gasteiger partial charge on any atom is 0.242 e. The van der Waals surface area contributed by atoms with Crippen LogP contribution in [0.2, 0.25) is 5.02 Å². The number of ether oxygens (including phenoxy) is 2. The van der Waals surface area contributed by atoms with E-state index in [1.807, 2.05) is 0 Å². The first-order valence-corrected chi connectivity index (χ1v) is 12.8. The summed E-state index contributed by atoms with van der Waals surface area (Å²) in [5, 5.41) is 18.8.